The summed E-state index contributed by atoms with van der Waals surface area (Å²) >= 11 is 1.86. The first-order valence-electron chi connectivity index (χ1n) is 6.75. The Morgan fingerprint density at radius 1 is 1.38 bits per heavy atom. The van der Waals surface area contributed by atoms with Gasteiger partial charge in [-0.3, -0.25) is 9.59 Å². The van der Waals surface area contributed by atoms with Crippen LogP contribution in [0.2, 0.25) is 0 Å². The minimum Gasteiger partial charge on any atom is -0.484 e. The van der Waals surface area contributed by atoms with Gasteiger partial charge in [-0.2, -0.15) is 11.8 Å². The molecule has 1 unspecified atom stereocenters. The van der Waals surface area contributed by atoms with E-state index in [0.29, 0.717) is 17.9 Å². The number of rotatable bonds is 6. The summed E-state index contributed by atoms with van der Waals surface area (Å²) in [5, 5.41) is 6.17. The predicted molar refractivity (Wildman–Crippen MR) is 83.5 cm³/mol. The second-order valence-electron chi connectivity index (χ2n) is 4.76. The molecule has 1 atom stereocenters. The van der Waals surface area contributed by atoms with Crippen LogP contribution in [0.1, 0.15) is 6.42 Å². The van der Waals surface area contributed by atoms with Gasteiger partial charge in [-0.25, -0.2) is 0 Å². The third kappa shape index (κ3) is 5.65. The van der Waals surface area contributed by atoms with Crippen molar-refractivity contribution in [3.63, 3.8) is 0 Å². The second-order valence-corrected chi connectivity index (χ2v) is 5.91. The Morgan fingerprint density at radius 3 is 2.76 bits per heavy atom. The first-order valence-corrected chi connectivity index (χ1v) is 7.91. The number of amides is 2. The summed E-state index contributed by atoms with van der Waals surface area (Å²) in [7, 11) is 0. The third-order valence-corrected chi connectivity index (χ3v) is 4.08. The van der Waals surface area contributed by atoms with Gasteiger partial charge < -0.3 is 21.1 Å². The number of carbonyl (C=O) groups excluding carboxylic acids is 2. The van der Waals surface area contributed by atoms with Gasteiger partial charge in [-0.1, -0.05) is 0 Å². The van der Waals surface area contributed by atoms with Crippen LogP contribution >= 0.6 is 11.8 Å². The summed E-state index contributed by atoms with van der Waals surface area (Å²) in [5.41, 5.74) is 5.70. The monoisotopic (exact) mass is 309 g/mol. The molecular weight excluding hydrogens is 290 g/mol. The van der Waals surface area contributed by atoms with Crippen molar-refractivity contribution in [3.05, 3.63) is 24.3 Å². The Balaban J connectivity index is 1.79. The first-order chi connectivity index (χ1) is 10.1. The zero-order chi connectivity index (χ0) is 15.1. The van der Waals surface area contributed by atoms with E-state index in [9.17, 15) is 9.59 Å². The fourth-order valence-electron chi connectivity index (χ4n) is 1.98. The lowest BCUT2D eigenvalue weighted by atomic mass is 10.2. The van der Waals surface area contributed by atoms with Crippen LogP contribution in [-0.2, 0) is 9.59 Å². The van der Waals surface area contributed by atoms with Gasteiger partial charge in [0.05, 0.1) is 0 Å². The Bertz CT molecular complexity index is 487. The molecule has 2 amide bonds. The Kier molecular flexibility index (Phi) is 5.89. The van der Waals surface area contributed by atoms with Crippen molar-refractivity contribution in [1.29, 1.82) is 0 Å². The van der Waals surface area contributed by atoms with Crippen LogP contribution in [0.3, 0.4) is 0 Å². The molecule has 0 aromatic heterocycles. The Morgan fingerprint density at radius 2 is 2.14 bits per heavy atom. The van der Waals surface area contributed by atoms with Crippen LogP contribution in [-0.4, -0.2) is 42.5 Å². The molecule has 2 rings (SSSR count). The van der Waals surface area contributed by atoms with Crippen molar-refractivity contribution in [2.45, 2.75) is 12.5 Å². The lowest BCUT2D eigenvalue weighted by molar-refractivity contribution is -0.120. The summed E-state index contributed by atoms with van der Waals surface area (Å²) < 4.78 is 5.15. The van der Waals surface area contributed by atoms with Gasteiger partial charge in [-0.05, 0) is 24.3 Å². The van der Waals surface area contributed by atoms with Crippen molar-refractivity contribution in [2.24, 2.45) is 5.73 Å². The summed E-state index contributed by atoms with van der Waals surface area (Å²) in [6, 6.07) is 7.08. The number of ether oxygens (including phenoxy) is 1. The maximum Gasteiger partial charge on any atom is 0.255 e. The van der Waals surface area contributed by atoms with E-state index < -0.39 is 5.91 Å². The van der Waals surface area contributed by atoms with E-state index >= 15 is 0 Å². The number of anilines is 1. The highest BCUT2D eigenvalue weighted by atomic mass is 32.2. The maximum atomic E-state index is 11.9. The molecular formula is C14H19N3O3S. The lowest BCUT2D eigenvalue weighted by Gasteiger charge is -2.22. The number of carbonyl (C=O) groups is 2. The third-order valence-electron chi connectivity index (χ3n) is 2.95. The zero-order valence-electron chi connectivity index (χ0n) is 11.6. The minimum absolute atomic E-state index is 0.0131. The summed E-state index contributed by atoms with van der Waals surface area (Å²) in [6.07, 6.45) is 0.465. The highest BCUT2D eigenvalue weighted by molar-refractivity contribution is 7.99. The van der Waals surface area contributed by atoms with Gasteiger partial charge in [-0.15, -0.1) is 0 Å². The lowest BCUT2D eigenvalue weighted by Crippen LogP contribution is -2.39. The predicted octanol–water partition coefficient (Wildman–Crippen LogP) is 0.584. The molecule has 6 nitrogen and oxygen atoms in total. The molecule has 1 saturated heterocycles. The van der Waals surface area contributed by atoms with E-state index in [2.05, 4.69) is 10.6 Å². The molecule has 1 aromatic rings. The molecule has 0 aliphatic carbocycles. The number of primary amides is 1. The molecule has 7 heteroatoms. The number of hydrogen-bond donors (Lipinski definition) is 3. The minimum atomic E-state index is -0.523. The molecule has 1 fully saturated rings. The fourth-order valence-corrected chi connectivity index (χ4v) is 2.92. The van der Waals surface area contributed by atoms with Crippen LogP contribution in [0.4, 0.5) is 5.69 Å². The Labute approximate surface area is 127 Å². The average Bonchev–Trinajstić information content (AvgIpc) is 2.47. The van der Waals surface area contributed by atoms with Crippen LogP contribution in [0.5, 0.6) is 5.75 Å². The molecule has 0 saturated carbocycles. The molecule has 21 heavy (non-hydrogen) atoms. The van der Waals surface area contributed by atoms with E-state index in [0.717, 1.165) is 18.1 Å². The highest BCUT2D eigenvalue weighted by Crippen LogP contribution is 2.16. The average molecular weight is 309 g/mol. The molecule has 1 aliphatic heterocycles. The first kappa shape index (κ1) is 15.7. The van der Waals surface area contributed by atoms with Crippen LogP contribution in [0, 0.1) is 0 Å². The SMILES string of the molecule is NC(=O)COc1ccc(NC(=O)CC2CSCCN2)cc1. The van der Waals surface area contributed by atoms with Gasteiger partial charge in [0.1, 0.15) is 5.75 Å². The standard InChI is InChI=1S/C14H19N3O3S/c15-13(18)8-20-12-3-1-10(2-4-12)17-14(19)7-11-9-21-6-5-16-11/h1-4,11,16H,5-9H2,(H2,15,18)(H,17,19). The number of thioether (sulfide) groups is 1. The normalized spacial score (nSPS) is 18.0. The summed E-state index contributed by atoms with van der Waals surface area (Å²) in [4.78, 5) is 22.5. The van der Waals surface area contributed by atoms with Crippen molar-refractivity contribution < 1.29 is 14.3 Å². The summed E-state index contributed by atoms with van der Waals surface area (Å²) in [5.74, 6) is 2.07. The molecule has 0 spiro atoms. The van der Waals surface area contributed by atoms with E-state index in [1.54, 1.807) is 24.3 Å². The van der Waals surface area contributed by atoms with E-state index in [1.807, 2.05) is 11.8 Å². The molecule has 1 aliphatic rings. The van der Waals surface area contributed by atoms with Crippen molar-refractivity contribution >= 4 is 29.3 Å². The second kappa shape index (κ2) is 7.90. The fraction of sp³-hybridized carbons (Fsp3) is 0.429. The zero-order valence-corrected chi connectivity index (χ0v) is 12.4. The van der Waals surface area contributed by atoms with Crippen LogP contribution < -0.4 is 21.1 Å². The molecule has 0 radical (unpaired) electrons. The van der Waals surface area contributed by atoms with Crippen LogP contribution in [0.25, 0.3) is 0 Å². The highest BCUT2D eigenvalue weighted by Gasteiger charge is 2.16. The van der Waals surface area contributed by atoms with E-state index in [-0.39, 0.29) is 18.6 Å². The number of nitrogens with one attached hydrogen (secondary N) is 2. The number of nitrogens with two attached hydrogens (primary N) is 1. The molecule has 0 bridgehead atoms. The van der Waals surface area contributed by atoms with Crippen molar-refractivity contribution in [1.82, 2.24) is 5.32 Å². The van der Waals surface area contributed by atoms with Gasteiger partial charge in [0.25, 0.3) is 5.91 Å². The van der Waals surface area contributed by atoms with Crippen molar-refractivity contribution in [3.8, 4) is 5.75 Å². The largest absolute Gasteiger partial charge is 0.484 e. The van der Waals surface area contributed by atoms with Gasteiger partial charge in [0, 0.05) is 36.2 Å². The van der Waals surface area contributed by atoms with Crippen molar-refractivity contribution in [2.75, 3.05) is 30.0 Å². The number of benzene rings is 1. The quantitative estimate of drug-likeness (QED) is 0.715. The molecule has 1 aromatic carbocycles. The van der Waals surface area contributed by atoms with Gasteiger partial charge >= 0.3 is 0 Å². The molecule has 4 N–H and O–H groups in total. The molecule has 1 heterocycles. The maximum absolute atomic E-state index is 11.9. The Hall–Kier alpha value is -1.73. The number of hydrogen-bond acceptors (Lipinski definition) is 5. The van der Waals surface area contributed by atoms with E-state index in [1.165, 1.54) is 0 Å². The van der Waals surface area contributed by atoms with Gasteiger partial charge in [0.15, 0.2) is 6.61 Å². The topological polar surface area (TPSA) is 93.5 Å². The summed E-state index contributed by atoms with van der Waals surface area (Å²) in [6.45, 7) is 0.797. The van der Waals surface area contributed by atoms with Crippen LogP contribution in [0.15, 0.2) is 24.3 Å². The van der Waals surface area contributed by atoms with E-state index in [4.69, 9.17) is 10.5 Å². The molecule has 114 valence electrons. The van der Waals surface area contributed by atoms with Gasteiger partial charge in [0.2, 0.25) is 5.91 Å². The smallest absolute Gasteiger partial charge is 0.255 e.